The number of carboxylic acids is 1. The SMILES string of the molecule is Cc1cc(-n2c(C(C)C)c([C@H]3CC[C@](F)(C(=O)O)CC3)c3c(F)c4[nH]ncc4cc32)ccc1F. The smallest absolute Gasteiger partial charge is 0.341 e. The number of nitrogens with one attached hydrogen (secondary N) is 1. The van der Waals surface area contributed by atoms with Crippen molar-refractivity contribution < 1.29 is 23.1 Å². The van der Waals surface area contributed by atoms with Crippen LogP contribution in [-0.4, -0.2) is 31.5 Å². The van der Waals surface area contributed by atoms with Crippen molar-refractivity contribution in [2.75, 3.05) is 0 Å². The van der Waals surface area contributed by atoms with Crippen LogP contribution in [0.25, 0.3) is 27.5 Å². The Morgan fingerprint density at radius 2 is 1.94 bits per heavy atom. The lowest BCUT2D eigenvalue weighted by Gasteiger charge is -2.32. The summed E-state index contributed by atoms with van der Waals surface area (Å²) in [5, 5.41) is 17.1. The number of rotatable bonds is 4. The van der Waals surface area contributed by atoms with Crippen molar-refractivity contribution in [3.8, 4) is 5.69 Å². The topological polar surface area (TPSA) is 70.9 Å². The average Bonchev–Trinajstić information content (AvgIpc) is 3.39. The number of hydrogen-bond donors (Lipinski definition) is 2. The molecule has 2 N–H and O–H groups in total. The van der Waals surface area contributed by atoms with Crippen LogP contribution in [0.3, 0.4) is 0 Å². The highest BCUT2D eigenvalue weighted by Crippen LogP contribution is 2.48. The Balaban J connectivity index is 1.82. The predicted molar refractivity (Wildman–Crippen MR) is 124 cm³/mol. The number of halogens is 3. The first-order valence-corrected chi connectivity index (χ1v) is 11.5. The number of fused-ring (bicyclic) bond motifs is 2. The van der Waals surface area contributed by atoms with E-state index in [-0.39, 0.29) is 36.0 Å². The van der Waals surface area contributed by atoms with Gasteiger partial charge in [-0.25, -0.2) is 18.0 Å². The van der Waals surface area contributed by atoms with Gasteiger partial charge in [-0.3, -0.25) is 5.10 Å². The Morgan fingerprint density at radius 1 is 1.24 bits per heavy atom. The highest BCUT2D eigenvalue weighted by Gasteiger charge is 2.44. The van der Waals surface area contributed by atoms with E-state index in [1.54, 1.807) is 25.3 Å². The van der Waals surface area contributed by atoms with E-state index in [1.165, 1.54) is 6.07 Å². The Kier molecular flexibility index (Phi) is 5.22. The van der Waals surface area contributed by atoms with Crippen molar-refractivity contribution in [1.82, 2.24) is 14.8 Å². The van der Waals surface area contributed by atoms with Gasteiger partial charge in [0, 0.05) is 22.2 Å². The van der Waals surface area contributed by atoms with E-state index in [2.05, 4.69) is 10.2 Å². The highest BCUT2D eigenvalue weighted by atomic mass is 19.1. The zero-order chi connectivity index (χ0) is 24.4. The summed E-state index contributed by atoms with van der Waals surface area (Å²) in [6.45, 7) is 5.70. The third-order valence-corrected chi connectivity index (χ3v) is 7.20. The molecule has 2 aromatic carbocycles. The number of hydrogen-bond acceptors (Lipinski definition) is 2. The van der Waals surface area contributed by atoms with Gasteiger partial charge in [0.15, 0.2) is 5.82 Å². The van der Waals surface area contributed by atoms with E-state index in [4.69, 9.17) is 0 Å². The fourth-order valence-corrected chi connectivity index (χ4v) is 5.45. The van der Waals surface area contributed by atoms with Crippen molar-refractivity contribution in [3.63, 3.8) is 0 Å². The number of benzene rings is 2. The summed E-state index contributed by atoms with van der Waals surface area (Å²) in [4.78, 5) is 11.4. The minimum Gasteiger partial charge on any atom is -0.479 e. The molecular formula is C26H26F3N3O2. The molecular weight excluding hydrogens is 443 g/mol. The van der Waals surface area contributed by atoms with Gasteiger partial charge in [-0.2, -0.15) is 5.10 Å². The van der Waals surface area contributed by atoms with Crippen LogP contribution >= 0.6 is 0 Å². The van der Waals surface area contributed by atoms with Crippen molar-refractivity contribution in [1.29, 1.82) is 0 Å². The number of alkyl halides is 1. The van der Waals surface area contributed by atoms with Crippen LogP contribution in [0.15, 0.2) is 30.5 Å². The van der Waals surface area contributed by atoms with E-state index in [0.29, 0.717) is 40.4 Å². The first kappa shape index (κ1) is 22.5. The molecule has 0 unspecified atom stereocenters. The van der Waals surface area contributed by atoms with Crippen LogP contribution in [0.2, 0.25) is 0 Å². The van der Waals surface area contributed by atoms with Crippen LogP contribution in [0.1, 0.15) is 68.2 Å². The summed E-state index contributed by atoms with van der Waals surface area (Å²) >= 11 is 0. The Labute approximate surface area is 194 Å². The first-order chi connectivity index (χ1) is 16.1. The number of aromatic amines is 1. The van der Waals surface area contributed by atoms with Gasteiger partial charge in [-0.1, -0.05) is 13.8 Å². The normalized spacial score (nSPS) is 21.1. The van der Waals surface area contributed by atoms with E-state index in [0.717, 1.165) is 11.3 Å². The molecule has 5 nitrogen and oxygen atoms in total. The second-order valence-electron chi connectivity index (χ2n) is 9.69. The minimum absolute atomic E-state index is 0.0276. The lowest BCUT2D eigenvalue weighted by molar-refractivity contribution is -0.153. The van der Waals surface area contributed by atoms with E-state index < -0.39 is 17.5 Å². The molecule has 1 fully saturated rings. The van der Waals surface area contributed by atoms with Crippen LogP contribution in [0.5, 0.6) is 0 Å². The van der Waals surface area contributed by atoms with Crippen LogP contribution in [0.4, 0.5) is 13.2 Å². The molecule has 1 aliphatic carbocycles. The third kappa shape index (κ3) is 3.30. The fraction of sp³-hybridized carbons (Fsp3) is 0.385. The molecule has 0 aliphatic heterocycles. The molecule has 4 aromatic rings. The van der Waals surface area contributed by atoms with Crippen molar-refractivity contribution in [3.05, 3.63) is 58.9 Å². The van der Waals surface area contributed by atoms with E-state index >= 15 is 4.39 Å². The number of aryl methyl sites for hydroxylation is 1. The van der Waals surface area contributed by atoms with Crippen molar-refractivity contribution in [2.45, 2.75) is 64.0 Å². The zero-order valence-electron chi connectivity index (χ0n) is 19.3. The summed E-state index contributed by atoms with van der Waals surface area (Å²) in [6, 6.07) is 6.68. The van der Waals surface area contributed by atoms with Crippen molar-refractivity contribution >= 4 is 27.8 Å². The number of nitrogens with zero attached hydrogens (tertiary/aromatic N) is 2. The van der Waals surface area contributed by atoms with E-state index in [1.807, 2.05) is 24.5 Å². The molecule has 0 saturated heterocycles. The molecule has 2 heterocycles. The molecule has 5 rings (SSSR count). The molecule has 1 aliphatic rings. The maximum absolute atomic E-state index is 16.0. The Hall–Kier alpha value is -3.29. The molecule has 0 bridgehead atoms. The van der Waals surface area contributed by atoms with Crippen LogP contribution in [-0.2, 0) is 4.79 Å². The van der Waals surface area contributed by atoms with Crippen LogP contribution in [0, 0.1) is 18.6 Å². The van der Waals surface area contributed by atoms with Gasteiger partial charge < -0.3 is 9.67 Å². The summed E-state index contributed by atoms with van der Waals surface area (Å²) in [7, 11) is 0. The van der Waals surface area contributed by atoms with Gasteiger partial charge in [0.05, 0.1) is 11.7 Å². The molecule has 0 spiro atoms. The van der Waals surface area contributed by atoms with Gasteiger partial charge in [-0.05, 0) is 79.8 Å². The molecule has 0 atom stereocenters. The number of aliphatic carboxylic acids is 1. The van der Waals surface area contributed by atoms with Gasteiger partial charge in [0.1, 0.15) is 11.3 Å². The highest BCUT2D eigenvalue weighted by molar-refractivity contribution is 6.00. The third-order valence-electron chi connectivity index (χ3n) is 7.20. The van der Waals surface area contributed by atoms with Gasteiger partial charge in [0.25, 0.3) is 0 Å². The number of H-pyrrole nitrogens is 1. The standard InChI is InChI=1S/C26H26F3N3O2/c1-13(2)24-20(15-6-8-26(29,9-7-15)25(33)34)21-19(11-16-12-30-31-23(16)22(21)28)32(24)17-4-5-18(27)14(3)10-17/h4-5,10-13,15H,6-9H2,1-3H3,(H,30,31)(H,33,34)/t15-,26+. The summed E-state index contributed by atoms with van der Waals surface area (Å²) in [6.07, 6.45) is 1.90. The molecule has 1 saturated carbocycles. The molecule has 34 heavy (non-hydrogen) atoms. The molecule has 0 radical (unpaired) electrons. The lowest BCUT2D eigenvalue weighted by Crippen LogP contribution is -2.37. The fourth-order valence-electron chi connectivity index (χ4n) is 5.45. The van der Waals surface area contributed by atoms with Crippen LogP contribution < -0.4 is 0 Å². The Morgan fingerprint density at radius 3 is 2.56 bits per heavy atom. The maximum Gasteiger partial charge on any atom is 0.341 e. The zero-order valence-corrected chi connectivity index (χ0v) is 19.3. The molecule has 0 amide bonds. The van der Waals surface area contributed by atoms with E-state index in [9.17, 15) is 18.7 Å². The predicted octanol–water partition coefficient (Wildman–Crippen LogP) is 6.67. The Bertz CT molecular complexity index is 1430. The average molecular weight is 470 g/mol. The molecule has 178 valence electrons. The number of aromatic nitrogens is 3. The summed E-state index contributed by atoms with van der Waals surface area (Å²) in [5.41, 5.74) is 1.49. The minimum atomic E-state index is -2.25. The number of carbonyl (C=O) groups is 1. The monoisotopic (exact) mass is 469 g/mol. The second-order valence-corrected chi connectivity index (χ2v) is 9.69. The summed E-state index contributed by atoms with van der Waals surface area (Å²) in [5.74, 6) is -2.43. The second kappa shape index (κ2) is 7.89. The van der Waals surface area contributed by atoms with Crippen molar-refractivity contribution in [2.24, 2.45) is 0 Å². The summed E-state index contributed by atoms with van der Waals surface area (Å²) < 4.78 is 46.9. The molecule has 2 aromatic heterocycles. The van der Waals surface area contributed by atoms with Gasteiger partial charge in [-0.15, -0.1) is 0 Å². The largest absolute Gasteiger partial charge is 0.479 e. The quantitative estimate of drug-likeness (QED) is 0.351. The first-order valence-electron chi connectivity index (χ1n) is 11.5. The lowest BCUT2D eigenvalue weighted by atomic mass is 9.75. The molecule has 8 heteroatoms. The number of carboxylic acid groups (broad SMARTS) is 1. The maximum atomic E-state index is 16.0. The van der Waals surface area contributed by atoms with Gasteiger partial charge in [0.2, 0.25) is 5.67 Å². The van der Waals surface area contributed by atoms with Gasteiger partial charge >= 0.3 is 5.97 Å².